The van der Waals surface area contributed by atoms with Gasteiger partial charge in [-0.3, -0.25) is 0 Å². The van der Waals surface area contributed by atoms with Gasteiger partial charge in [0.15, 0.2) is 0 Å². The summed E-state index contributed by atoms with van der Waals surface area (Å²) in [5.74, 6) is 0.545. The van der Waals surface area contributed by atoms with Gasteiger partial charge >= 0.3 is 0 Å². The van der Waals surface area contributed by atoms with E-state index < -0.39 is 0 Å². The van der Waals surface area contributed by atoms with Crippen molar-refractivity contribution >= 4 is 27.2 Å². The van der Waals surface area contributed by atoms with Crippen LogP contribution >= 0.6 is 11.3 Å². The van der Waals surface area contributed by atoms with E-state index in [4.69, 9.17) is 5.73 Å². The first kappa shape index (κ1) is 10.2. The Kier molecular flexibility index (Phi) is 2.30. The smallest absolute Gasteiger partial charge is 0.130 e. The van der Waals surface area contributed by atoms with Gasteiger partial charge < -0.3 is 5.73 Å². The molecular weight excluding hydrogens is 230 g/mol. The molecule has 3 rings (SSSR count). The molecule has 0 atom stereocenters. The molecule has 0 amide bonds. The molecule has 2 heterocycles. The standard InChI is InChI=1S/C13H11N3S/c1-8-11(15-7-16-13(8)14)10-4-2-3-9-5-6-17-12(9)10/h2-7H,1H3,(H2,14,15,16). The van der Waals surface area contributed by atoms with Crippen LogP contribution in [0.15, 0.2) is 36.0 Å². The Morgan fingerprint density at radius 1 is 1.18 bits per heavy atom. The van der Waals surface area contributed by atoms with Crippen molar-refractivity contribution in [2.24, 2.45) is 0 Å². The number of aromatic nitrogens is 2. The molecule has 0 saturated carbocycles. The van der Waals surface area contributed by atoms with Gasteiger partial charge in [0.1, 0.15) is 12.1 Å². The predicted molar refractivity (Wildman–Crippen MR) is 72.0 cm³/mol. The lowest BCUT2D eigenvalue weighted by Crippen LogP contribution is -1.98. The van der Waals surface area contributed by atoms with Crippen LogP contribution in [0.3, 0.4) is 0 Å². The molecule has 2 N–H and O–H groups in total. The monoisotopic (exact) mass is 241 g/mol. The summed E-state index contributed by atoms with van der Waals surface area (Å²) in [7, 11) is 0. The molecule has 0 saturated heterocycles. The van der Waals surface area contributed by atoms with Gasteiger partial charge in [-0.05, 0) is 23.8 Å². The summed E-state index contributed by atoms with van der Waals surface area (Å²) in [5, 5.41) is 3.33. The second-order valence-electron chi connectivity index (χ2n) is 3.88. The van der Waals surface area contributed by atoms with Gasteiger partial charge in [-0.25, -0.2) is 9.97 Å². The van der Waals surface area contributed by atoms with Crippen LogP contribution in [0.2, 0.25) is 0 Å². The summed E-state index contributed by atoms with van der Waals surface area (Å²) in [5.41, 5.74) is 8.82. The summed E-state index contributed by atoms with van der Waals surface area (Å²) in [6.07, 6.45) is 1.52. The average Bonchev–Trinajstić information content (AvgIpc) is 2.81. The lowest BCUT2D eigenvalue weighted by atomic mass is 10.1. The average molecular weight is 241 g/mol. The molecule has 0 unspecified atom stereocenters. The Morgan fingerprint density at radius 2 is 2.06 bits per heavy atom. The summed E-state index contributed by atoms with van der Waals surface area (Å²) in [6, 6.07) is 8.34. The molecule has 0 fully saturated rings. The molecule has 84 valence electrons. The minimum Gasteiger partial charge on any atom is -0.383 e. The number of benzene rings is 1. The third-order valence-electron chi connectivity index (χ3n) is 2.86. The molecule has 0 aliphatic rings. The van der Waals surface area contributed by atoms with E-state index in [9.17, 15) is 0 Å². The first-order valence-electron chi connectivity index (χ1n) is 5.31. The number of nitrogen functional groups attached to an aromatic ring is 1. The van der Waals surface area contributed by atoms with Crippen molar-refractivity contribution < 1.29 is 0 Å². The second kappa shape index (κ2) is 3.82. The van der Waals surface area contributed by atoms with E-state index in [1.165, 1.54) is 16.4 Å². The molecule has 17 heavy (non-hydrogen) atoms. The maximum Gasteiger partial charge on any atom is 0.130 e. The zero-order valence-corrected chi connectivity index (χ0v) is 10.2. The van der Waals surface area contributed by atoms with Crippen LogP contribution in [0.25, 0.3) is 21.3 Å². The molecular formula is C13H11N3S. The van der Waals surface area contributed by atoms with Crippen molar-refractivity contribution in [1.82, 2.24) is 9.97 Å². The summed E-state index contributed by atoms with van der Waals surface area (Å²) >= 11 is 1.72. The van der Waals surface area contributed by atoms with Crippen LogP contribution in [0, 0.1) is 6.92 Å². The zero-order valence-electron chi connectivity index (χ0n) is 9.34. The highest BCUT2D eigenvalue weighted by Crippen LogP contribution is 2.33. The summed E-state index contributed by atoms with van der Waals surface area (Å²) < 4.78 is 1.24. The normalized spacial score (nSPS) is 10.9. The number of anilines is 1. The lowest BCUT2D eigenvalue weighted by Gasteiger charge is -2.07. The van der Waals surface area contributed by atoms with Gasteiger partial charge in [-0.15, -0.1) is 11.3 Å². The van der Waals surface area contributed by atoms with Gasteiger partial charge in [0.05, 0.1) is 5.69 Å². The second-order valence-corrected chi connectivity index (χ2v) is 4.79. The number of thiophene rings is 1. The molecule has 3 nitrogen and oxygen atoms in total. The van der Waals surface area contributed by atoms with Gasteiger partial charge in [0, 0.05) is 15.8 Å². The molecule has 0 aliphatic heterocycles. The van der Waals surface area contributed by atoms with Crippen molar-refractivity contribution in [2.75, 3.05) is 5.73 Å². The third kappa shape index (κ3) is 1.57. The van der Waals surface area contributed by atoms with E-state index in [0.29, 0.717) is 5.82 Å². The van der Waals surface area contributed by atoms with E-state index in [1.807, 2.05) is 13.0 Å². The van der Waals surface area contributed by atoms with Gasteiger partial charge in [-0.1, -0.05) is 18.2 Å². The molecule has 1 aromatic carbocycles. The molecule has 2 aromatic heterocycles. The van der Waals surface area contributed by atoms with Crippen LogP contribution in [0.4, 0.5) is 5.82 Å². The topological polar surface area (TPSA) is 51.8 Å². The van der Waals surface area contributed by atoms with Crippen LogP contribution in [-0.4, -0.2) is 9.97 Å². The van der Waals surface area contributed by atoms with Crippen LogP contribution in [0.5, 0.6) is 0 Å². The predicted octanol–water partition coefficient (Wildman–Crippen LogP) is 3.25. The van der Waals surface area contributed by atoms with Crippen LogP contribution < -0.4 is 5.73 Å². The highest BCUT2D eigenvalue weighted by molar-refractivity contribution is 7.17. The number of rotatable bonds is 1. The van der Waals surface area contributed by atoms with Crippen molar-refractivity contribution in [3.8, 4) is 11.3 Å². The van der Waals surface area contributed by atoms with E-state index in [0.717, 1.165) is 16.8 Å². The van der Waals surface area contributed by atoms with E-state index in [2.05, 4.69) is 33.5 Å². The Balaban J connectivity index is 2.34. The third-order valence-corrected chi connectivity index (χ3v) is 3.82. The number of nitrogens with two attached hydrogens (primary N) is 1. The highest BCUT2D eigenvalue weighted by atomic mass is 32.1. The maximum absolute atomic E-state index is 5.83. The van der Waals surface area contributed by atoms with E-state index in [-0.39, 0.29) is 0 Å². The Morgan fingerprint density at radius 3 is 2.94 bits per heavy atom. The largest absolute Gasteiger partial charge is 0.383 e. The first-order chi connectivity index (χ1) is 8.27. The van der Waals surface area contributed by atoms with Gasteiger partial charge in [-0.2, -0.15) is 0 Å². The maximum atomic E-state index is 5.83. The molecule has 0 radical (unpaired) electrons. The molecule has 0 bridgehead atoms. The molecule has 0 aliphatic carbocycles. The molecule has 4 heteroatoms. The number of nitrogens with zero attached hydrogens (tertiary/aromatic N) is 2. The Labute approximate surface area is 103 Å². The fourth-order valence-electron chi connectivity index (χ4n) is 1.91. The van der Waals surface area contributed by atoms with Crippen molar-refractivity contribution in [2.45, 2.75) is 6.92 Å². The number of hydrogen-bond acceptors (Lipinski definition) is 4. The van der Waals surface area contributed by atoms with Gasteiger partial charge in [0.2, 0.25) is 0 Å². The lowest BCUT2D eigenvalue weighted by molar-refractivity contribution is 1.15. The highest BCUT2D eigenvalue weighted by Gasteiger charge is 2.10. The van der Waals surface area contributed by atoms with Crippen LogP contribution in [-0.2, 0) is 0 Å². The Hall–Kier alpha value is -1.94. The first-order valence-corrected chi connectivity index (χ1v) is 6.19. The number of hydrogen-bond donors (Lipinski definition) is 1. The Bertz CT molecular complexity index is 688. The summed E-state index contributed by atoms with van der Waals surface area (Å²) in [4.78, 5) is 8.36. The zero-order chi connectivity index (χ0) is 11.8. The van der Waals surface area contributed by atoms with Crippen molar-refractivity contribution in [1.29, 1.82) is 0 Å². The molecule has 3 aromatic rings. The fourth-order valence-corrected chi connectivity index (χ4v) is 2.83. The molecule has 0 spiro atoms. The summed E-state index contributed by atoms with van der Waals surface area (Å²) in [6.45, 7) is 1.96. The van der Waals surface area contributed by atoms with Crippen LogP contribution in [0.1, 0.15) is 5.56 Å². The van der Waals surface area contributed by atoms with E-state index >= 15 is 0 Å². The van der Waals surface area contributed by atoms with Crippen molar-refractivity contribution in [3.05, 3.63) is 41.5 Å². The SMILES string of the molecule is Cc1c(N)ncnc1-c1cccc2ccsc12. The van der Waals surface area contributed by atoms with E-state index in [1.54, 1.807) is 11.3 Å². The number of fused-ring (bicyclic) bond motifs is 1. The minimum atomic E-state index is 0.545. The fraction of sp³-hybridized carbons (Fsp3) is 0.0769. The van der Waals surface area contributed by atoms with Gasteiger partial charge in [0.25, 0.3) is 0 Å². The quantitative estimate of drug-likeness (QED) is 0.711. The minimum absolute atomic E-state index is 0.545. The van der Waals surface area contributed by atoms with Crippen molar-refractivity contribution in [3.63, 3.8) is 0 Å².